The molecule has 1 fully saturated rings. The second kappa shape index (κ2) is 9.24. The number of rotatable bonds is 6. The Balaban J connectivity index is 0.00000243. The summed E-state index contributed by atoms with van der Waals surface area (Å²) >= 11 is 0. The van der Waals surface area contributed by atoms with E-state index in [1.165, 1.54) is 0 Å². The number of nitrogens with one attached hydrogen (secondary N) is 2. The van der Waals surface area contributed by atoms with Crippen LogP contribution in [0, 0.1) is 5.92 Å². The maximum Gasteiger partial charge on any atom is 0.329 e. The minimum atomic E-state index is -0.0221. The van der Waals surface area contributed by atoms with Crippen molar-refractivity contribution >= 4 is 29.3 Å². The first-order valence-corrected chi connectivity index (χ1v) is 9.30. The zero-order valence-electron chi connectivity index (χ0n) is 15.5. The van der Waals surface area contributed by atoms with E-state index in [9.17, 15) is 9.59 Å². The molecule has 2 aromatic rings. The molecule has 26 heavy (non-hydrogen) atoms. The zero-order valence-corrected chi connectivity index (χ0v) is 16.3. The summed E-state index contributed by atoms with van der Waals surface area (Å²) in [4.78, 5) is 25.1. The van der Waals surface area contributed by atoms with Crippen molar-refractivity contribution in [3.63, 3.8) is 0 Å². The van der Waals surface area contributed by atoms with E-state index < -0.39 is 0 Å². The number of aryl methyl sites for hydroxylation is 2. The molecular formula is C19H29ClN4O2. The highest BCUT2D eigenvalue weighted by molar-refractivity contribution is 5.85. The van der Waals surface area contributed by atoms with Crippen LogP contribution in [-0.4, -0.2) is 34.2 Å². The molecule has 6 nitrogen and oxygen atoms in total. The second-order valence-corrected chi connectivity index (χ2v) is 6.97. The van der Waals surface area contributed by atoms with Gasteiger partial charge in [0.1, 0.15) is 0 Å². The molecule has 2 unspecified atom stereocenters. The second-order valence-electron chi connectivity index (χ2n) is 6.97. The van der Waals surface area contributed by atoms with Crippen LogP contribution >= 0.6 is 12.4 Å². The molecule has 0 bridgehead atoms. The zero-order chi connectivity index (χ0) is 17.8. The molecule has 1 saturated heterocycles. The van der Waals surface area contributed by atoms with Crippen molar-refractivity contribution in [1.82, 2.24) is 19.8 Å². The highest BCUT2D eigenvalue weighted by atomic mass is 35.5. The Morgan fingerprint density at radius 1 is 1.23 bits per heavy atom. The number of aromatic nitrogens is 2. The van der Waals surface area contributed by atoms with Crippen molar-refractivity contribution in [1.29, 1.82) is 0 Å². The Kier molecular flexibility index (Phi) is 7.29. The number of carbonyl (C=O) groups is 1. The predicted octanol–water partition coefficient (Wildman–Crippen LogP) is 2.14. The Morgan fingerprint density at radius 3 is 2.50 bits per heavy atom. The maximum absolute atomic E-state index is 12.7. The Morgan fingerprint density at radius 2 is 1.88 bits per heavy atom. The lowest BCUT2D eigenvalue weighted by molar-refractivity contribution is -0.122. The van der Waals surface area contributed by atoms with E-state index in [-0.39, 0.29) is 30.0 Å². The summed E-state index contributed by atoms with van der Waals surface area (Å²) in [7, 11) is 0. The summed E-state index contributed by atoms with van der Waals surface area (Å²) in [5, 5.41) is 6.48. The number of amides is 1. The van der Waals surface area contributed by atoms with Crippen LogP contribution in [0.1, 0.15) is 33.1 Å². The minimum absolute atomic E-state index is 0. The molecule has 1 aromatic carbocycles. The number of para-hydroxylation sites is 2. The van der Waals surface area contributed by atoms with Crippen LogP contribution in [0.15, 0.2) is 29.1 Å². The first-order valence-electron chi connectivity index (χ1n) is 9.30. The lowest BCUT2D eigenvalue weighted by atomic mass is 9.95. The van der Waals surface area contributed by atoms with Crippen molar-refractivity contribution < 1.29 is 4.79 Å². The monoisotopic (exact) mass is 380 g/mol. The number of hydrogen-bond donors (Lipinski definition) is 2. The highest BCUT2D eigenvalue weighted by Gasteiger charge is 2.22. The molecule has 1 aliphatic heterocycles. The van der Waals surface area contributed by atoms with Gasteiger partial charge in [-0.05, 0) is 44.0 Å². The molecule has 7 heteroatoms. The predicted molar refractivity (Wildman–Crippen MR) is 107 cm³/mol. The summed E-state index contributed by atoms with van der Waals surface area (Å²) in [5.41, 5.74) is 1.83. The summed E-state index contributed by atoms with van der Waals surface area (Å²) in [6.07, 6.45) is 2.20. The SMILES string of the molecule is CCCn1c(=O)n(CCC(=O)NC2CCNCC2C)c2ccccc21.Cl. The largest absolute Gasteiger partial charge is 0.353 e. The normalized spacial score (nSPS) is 19.9. The number of piperidine rings is 1. The fourth-order valence-corrected chi connectivity index (χ4v) is 3.65. The highest BCUT2D eigenvalue weighted by Crippen LogP contribution is 2.14. The number of nitrogens with zero attached hydrogens (tertiary/aromatic N) is 2. The van der Waals surface area contributed by atoms with Gasteiger partial charge in [0.25, 0.3) is 0 Å². The van der Waals surface area contributed by atoms with Crippen molar-refractivity contribution in [2.45, 2.75) is 52.2 Å². The van der Waals surface area contributed by atoms with Crippen LogP contribution < -0.4 is 16.3 Å². The average molecular weight is 381 g/mol. The fourth-order valence-electron chi connectivity index (χ4n) is 3.65. The molecule has 0 spiro atoms. The molecule has 1 aromatic heterocycles. The van der Waals surface area contributed by atoms with Crippen LogP contribution in [0.4, 0.5) is 0 Å². The molecule has 0 aliphatic carbocycles. The van der Waals surface area contributed by atoms with Crippen molar-refractivity contribution in [3.05, 3.63) is 34.7 Å². The van der Waals surface area contributed by atoms with Crippen LogP contribution in [0.3, 0.4) is 0 Å². The molecule has 0 saturated carbocycles. The molecule has 1 aliphatic rings. The average Bonchev–Trinajstić information content (AvgIpc) is 2.88. The number of benzene rings is 1. The van der Waals surface area contributed by atoms with Crippen LogP contribution in [0.25, 0.3) is 11.0 Å². The third kappa shape index (κ3) is 4.30. The van der Waals surface area contributed by atoms with Crippen LogP contribution in [0.2, 0.25) is 0 Å². The van der Waals surface area contributed by atoms with Gasteiger partial charge in [-0.15, -0.1) is 12.4 Å². The summed E-state index contributed by atoms with van der Waals surface area (Å²) < 4.78 is 3.54. The van der Waals surface area contributed by atoms with E-state index in [1.807, 2.05) is 28.8 Å². The molecule has 2 heterocycles. The first-order chi connectivity index (χ1) is 12.1. The van der Waals surface area contributed by atoms with Gasteiger partial charge in [-0.1, -0.05) is 26.0 Å². The van der Waals surface area contributed by atoms with Gasteiger partial charge in [0.15, 0.2) is 0 Å². The molecule has 1 amide bonds. The van der Waals surface area contributed by atoms with E-state index in [0.29, 0.717) is 25.4 Å². The third-order valence-electron chi connectivity index (χ3n) is 5.07. The van der Waals surface area contributed by atoms with Gasteiger partial charge in [0.2, 0.25) is 5.91 Å². The van der Waals surface area contributed by atoms with Crippen LogP contribution in [0.5, 0.6) is 0 Å². The Bertz CT molecular complexity index is 798. The molecular weight excluding hydrogens is 352 g/mol. The molecule has 0 radical (unpaired) electrons. The fraction of sp³-hybridized carbons (Fsp3) is 0.579. The van der Waals surface area contributed by atoms with Crippen molar-refractivity contribution in [2.24, 2.45) is 5.92 Å². The van der Waals surface area contributed by atoms with Gasteiger partial charge in [0, 0.05) is 25.6 Å². The topological polar surface area (TPSA) is 68.1 Å². The van der Waals surface area contributed by atoms with Gasteiger partial charge in [-0.25, -0.2) is 4.79 Å². The summed E-state index contributed by atoms with van der Waals surface area (Å²) in [6, 6.07) is 8.04. The number of imidazole rings is 1. The van der Waals surface area contributed by atoms with E-state index in [2.05, 4.69) is 24.5 Å². The Hall–Kier alpha value is -1.79. The third-order valence-corrected chi connectivity index (χ3v) is 5.07. The number of hydrogen-bond acceptors (Lipinski definition) is 3. The summed E-state index contributed by atoms with van der Waals surface area (Å²) in [5.74, 6) is 0.463. The van der Waals surface area contributed by atoms with E-state index >= 15 is 0 Å². The minimum Gasteiger partial charge on any atom is -0.353 e. The first kappa shape index (κ1) is 20.5. The van der Waals surface area contributed by atoms with E-state index in [1.54, 1.807) is 4.57 Å². The lowest BCUT2D eigenvalue weighted by Crippen LogP contribution is -2.48. The van der Waals surface area contributed by atoms with Crippen LogP contribution in [-0.2, 0) is 17.9 Å². The van der Waals surface area contributed by atoms with Crippen molar-refractivity contribution in [3.8, 4) is 0 Å². The number of halogens is 1. The lowest BCUT2D eigenvalue weighted by Gasteiger charge is -2.30. The maximum atomic E-state index is 12.7. The standard InChI is InChI=1S/C19H28N4O2.ClH/c1-3-11-22-16-6-4-5-7-17(16)23(19(22)25)12-9-18(24)21-15-8-10-20-13-14(15)2;/h4-7,14-15,20H,3,8-13H2,1-2H3,(H,21,24);1H. The van der Waals surface area contributed by atoms with Gasteiger partial charge in [-0.2, -0.15) is 0 Å². The van der Waals surface area contributed by atoms with Gasteiger partial charge >= 0.3 is 5.69 Å². The number of carbonyl (C=O) groups excluding carboxylic acids is 1. The van der Waals surface area contributed by atoms with Crippen molar-refractivity contribution in [2.75, 3.05) is 13.1 Å². The smallest absolute Gasteiger partial charge is 0.329 e. The quantitative estimate of drug-likeness (QED) is 0.806. The Labute approximate surface area is 160 Å². The summed E-state index contributed by atoms with van der Waals surface area (Å²) in [6.45, 7) is 7.21. The van der Waals surface area contributed by atoms with E-state index in [0.717, 1.165) is 37.0 Å². The number of fused-ring (bicyclic) bond motifs is 1. The van der Waals surface area contributed by atoms with Gasteiger partial charge < -0.3 is 10.6 Å². The molecule has 2 N–H and O–H groups in total. The molecule has 2 atom stereocenters. The molecule has 144 valence electrons. The van der Waals surface area contributed by atoms with Gasteiger partial charge in [-0.3, -0.25) is 13.9 Å². The molecule has 3 rings (SSSR count). The van der Waals surface area contributed by atoms with E-state index in [4.69, 9.17) is 0 Å². The van der Waals surface area contributed by atoms with Gasteiger partial charge in [0.05, 0.1) is 11.0 Å².